The maximum Gasteiger partial charge on any atom is 0.0655 e. The fourth-order valence-corrected chi connectivity index (χ4v) is 11.5. The monoisotopic (exact) mass is 455 g/mol. The van der Waals surface area contributed by atoms with E-state index in [1.807, 2.05) is 0 Å². The maximum atomic E-state index is 10.5. The highest BCUT2D eigenvalue weighted by molar-refractivity contribution is 5.91. The molecule has 0 spiro atoms. The number of aliphatic hydroxyl groups is 1. The second-order valence-corrected chi connectivity index (χ2v) is 14.5. The summed E-state index contributed by atoms with van der Waals surface area (Å²) >= 11 is 0. The first kappa shape index (κ1) is 23.9. The largest absolute Gasteiger partial charge is 0.411 e. The third-order valence-corrected chi connectivity index (χ3v) is 13.5. The van der Waals surface area contributed by atoms with Crippen molar-refractivity contribution < 1.29 is 10.3 Å². The number of hydrogen-bond acceptors (Lipinski definition) is 3. The molecule has 5 aliphatic rings. The van der Waals surface area contributed by atoms with Crippen LogP contribution in [-0.2, 0) is 0 Å². The van der Waals surface area contributed by atoms with Gasteiger partial charge < -0.3 is 10.3 Å². The molecule has 10 atom stereocenters. The van der Waals surface area contributed by atoms with E-state index in [0.29, 0.717) is 34.0 Å². The van der Waals surface area contributed by atoms with Crippen molar-refractivity contribution >= 4 is 5.71 Å². The number of allylic oxidation sites excluding steroid dienone is 1. The quantitative estimate of drug-likeness (QED) is 0.258. The molecule has 0 amide bonds. The van der Waals surface area contributed by atoms with Crippen LogP contribution < -0.4 is 0 Å². The normalized spacial score (nSPS) is 57.1. The smallest absolute Gasteiger partial charge is 0.0655 e. The van der Waals surface area contributed by atoms with E-state index in [2.05, 4.69) is 53.3 Å². The van der Waals surface area contributed by atoms with Gasteiger partial charge in [-0.05, 0) is 122 Å². The van der Waals surface area contributed by atoms with Crippen LogP contribution in [-0.4, -0.2) is 22.6 Å². The van der Waals surface area contributed by atoms with Gasteiger partial charge in [-0.15, -0.1) is 0 Å². The zero-order chi connectivity index (χ0) is 24.0. The van der Waals surface area contributed by atoms with E-state index in [9.17, 15) is 10.3 Å². The fourth-order valence-electron chi connectivity index (χ4n) is 11.5. The Bertz CT molecular complexity index is 865. The van der Waals surface area contributed by atoms with E-state index >= 15 is 0 Å². The second kappa shape index (κ2) is 7.34. The molecule has 4 unspecified atom stereocenters. The lowest BCUT2D eigenvalue weighted by molar-refractivity contribution is -0.229. The van der Waals surface area contributed by atoms with E-state index in [4.69, 9.17) is 0 Å². The fraction of sp³-hybridized carbons (Fsp3) is 0.900. The summed E-state index contributed by atoms with van der Waals surface area (Å²) in [6.07, 6.45) is 12.5. The third-order valence-electron chi connectivity index (χ3n) is 13.5. The van der Waals surface area contributed by atoms with Crippen molar-refractivity contribution in [2.24, 2.45) is 61.8 Å². The van der Waals surface area contributed by atoms with Crippen molar-refractivity contribution in [3.8, 4) is 0 Å². The van der Waals surface area contributed by atoms with Gasteiger partial charge in [-0.3, -0.25) is 0 Å². The van der Waals surface area contributed by atoms with Gasteiger partial charge in [-0.1, -0.05) is 51.9 Å². The second-order valence-electron chi connectivity index (χ2n) is 14.5. The van der Waals surface area contributed by atoms with Crippen molar-refractivity contribution in [1.29, 1.82) is 0 Å². The highest BCUT2D eigenvalue weighted by Crippen LogP contribution is 2.77. The van der Waals surface area contributed by atoms with E-state index in [1.54, 1.807) is 0 Å². The van der Waals surface area contributed by atoms with Crippen LogP contribution in [0.1, 0.15) is 106 Å². The van der Waals surface area contributed by atoms with Gasteiger partial charge in [-0.25, -0.2) is 0 Å². The molecule has 0 aromatic rings. The molecule has 5 saturated carbocycles. The number of nitrogens with zero attached hydrogens (tertiary/aromatic N) is 1. The number of hydrogen-bond donors (Lipinski definition) is 2. The summed E-state index contributed by atoms with van der Waals surface area (Å²) in [5.74, 6) is 3.41. The Morgan fingerprint density at radius 2 is 1.64 bits per heavy atom. The molecule has 5 fully saturated rings. The molecule has 0 saturated heterocycles. The van der Waals surface area contributed by atoms with E-state index in [-0.39, 0.29) is 17.4 Å². The Morgan fingerprint density at radius 3 is 2.27 bits per heavy atom. The molecule has 0 aromatic carbocycles. The van der Waals surface area contributed by atoms with Gasteiger partial charge in [-0.2, -0.15) is 0 Å². The summed E-state index contributed by atoms with van der Waals surface area (Å²) in [7, 11) is 0. The number of fused-ring (bicyclic) bond motifs is 7. The molecule has 5 rings (SSSR count). The summed E-state index contributed by atoms with van der Waals surface area (Å²) in [6.45, 7) is 19.5. The van der Waals surface area contributed by atoms with Crippen molar-refractivity contribution in [3.63, 3.8) is 0 Å². The van der Waals surface area contributed by atoms with E-state index in [1.165, 1.54) is 50.5 Å². The van der Waals surface area contributed by atoms with Crippen LogP contribution in [0.5, 0.6) is 0 Å². The number of rotatable bonds is 2. The minimum atomic E-state index is -0.386. The van der Waals surface area contributed by atoms with Gasteiger partial charge in [0.1, 0.15) is 0 Å². The van der Waals surface area contributed by atoms with Crippen LogP contribution >= 0.6 is 0 Å². The summed E-state index contributed by atoms with van der Waals surface area (Å²) < 4.78 is 0. The number of aliphatic hydroxyl groups excluding tert-OH is 1. The molecule has 5 aliphatic carbocycles. The standard InChI is InChI=1S/C30H49NO2/c1-19(2)20-10-13-26(3)16-17-29(6)21(25(20)26)8-9-23-27(4)14-12-24(31-33)28(5,18-32)22(27)11-15-30(23,29)7/h20-23,25,32-33H,1,8-18H2,2-7H3/b31-24+/t20-,21?,22?,23?,25?,26+,27-,28-,29+,30+/m0/s1. The lowest BCUT2D eigenvalue weighted by Crippen LogP contribution is -2.66. The topological polar surface area (TPSA) is 52.8 Å². The Hall–Kier alpha value is -0.830. The van der Waals surface area contributed by atoms with Crippen molar-refractivity contribution in [1.82, 2.24) is 0 Å². The highest BCUT2D eigenvalue weighted by atomic mass is 16.4. The molecular formula is C30H49NO2. The molecular weight excluding hydrogens is 406 g/mol. The first-order valence-corrected chi connectivity index (χ1v) is 13.9. The lowest BCUT2D eigenvalue weighted by Gasteiger charge is -2.72. The first-order chi connectivity index (χ1) is 15.4. The minimum Gasteiger partial charge on any atom is -0.411 e. The van der Waals surface area contributed by atoms with Gasteiger partial charge in [0.25, 0.3) is 0 Å². The van der Waals surface area contributed by atoms with Crippen molar-refractivity contribution in [2.75, 3.05) is 6.61 Å². The lowest BCUT2D eigenvalue weighted by atomic mass is 9.32. The highest BCUT2D eigenvalue weighted by Gasteiger charge is 2.70. The predicted molar refractivity (Wildman–Crippen MR) is 135 cm³/mol. The Kier molecular flexibility index (Phi) is 5.31. The molecule has 3 heteroatoms. The average Bonchev–Trinajstić information content (AvgIpc) is 3.12. The molecule has 186 valence electrons. The molecule has 0 aromatic heterocycles. The average molecular weight is 456 g/mol. The molecule has 0 bridgehead atoms. The van der Waals surface area contributed by atoms with Gasteiger partial charge in [0, 0.05) is 5.41 Å². The van der Waals surface area contributed by atoms with Crippen LogP contribution in [0.25, 0.3) is 0 Å². The summed E-state index contributed by atoms with van der Waals surface area (Å²) in [4.78, 5) is 0. The van der Waals surface area contributed by atoms with Crippen LogP contribution in [0.2, 0.25) is 0 Å². The van der Waals surface area contributed by atoms with Crippen molar-refractivity contribution in [2.45, 2.75) is 106 Å². The van der Waals surface area contributed by atoms with Crippen LogP contribution in [0, 0.1) is 56.7 Å². The SMILES string of the molecule is C=C(C)[C@@H]1CC[C@]2(C)CC[C@]3(C)C(CCC4[C@@]5(C)CC/C(=N\O)[C@@](C)(CO)C5CC[C@]43C)C12. The zero-order valence-corrected chi connectivity index (χ0v) is 22.2. The van der Waals surface area contributed by atoms with Crippen LogP contribution in [0.15, 0.2) is 17.3 Å². The Morgan fingerprint density at radius 1 is 0.909 bits per heavy atom. The van der Waals surface area contributed by atoms with Gasteiger partial charge >= 0.3 is 0 Å². The Labute approximate surface area is 202 Å². The zero-order valence-electron chi connectivity index (χ0n) is 22.2. The maximum absolute atomic E-state index is 10.5. The molecule has 2 N–H and O–H groups in total. The summed E-state index contributed by atoms with van der Waals surface area (Å²) in [5, 5.41) is 24.0. The molecule has 0 heterocycles. The summed E-state index contributed by atoms with van der Waals surface area (Å²) in [6, 6.07) is 0. The minimum absolute atomic E-state index is 0.0939. The predicted octanol–water partition coefficient (Wildman–Crippen LogP) is 7.47. The molecule has 33 heavy (non-hydrogen) atoms. The third kappa shape index (κ3) is 2.81. The van der Waals surface area contributed by atoms with Crippen molar-refractivity contribution in [3.05, 3.63) is 12.2 Å². The molecule has 0 radical (unpaired) electrons. The van der Waals surface area contributed by atoms with E-state index < -0.39 is 0 Å². The molecule has 3 nitrogen and oxygen atoms in total. The van der Waals surface area contributed by atoms with Gasteiger partial charge in [0.05, 0.1) is 12.3 Å². The van der Waals surface area contributed by atoms with Gasteiger partial charge in [0.2, 0.25) is 0 Å². The van der Waals surface area contributed by atoms with E-state index in [0.717, 1.165) is 36.8 Å². The first-order valence-electron chi connectivity index (χ1n) is 13.9. The Balaban J connectivity index is 1.55. The number of oxime groups is 1. The van der Waals surface area contributed by atoms with Gasteiger partial charge in [0.15, 0.2) is 0 Å². The van der Waals surface area contributed by atoms with Crippen LogP contribution in [0.4, 0.5) is 0 Å². The van der Waals surface area contributed by atoms with Crippen LogP contribution in [0.3, 0.4) is 0 Å². The summed E-state index contributed by atoms with van der Waals surface area (Å²) in [5.41, 5.74) is 3.31. The molecule has 0 aliphatic heterocycles.